The number of aromatic nitrogens is 2. The van der Waals surface area contributed by atoms with Crippen molar-refractivity contribution >= 4 is 5.91 Å². The summed E-state index contributed by atoms with van der Waals surface area (Å²) in [5, 5.41) is 0. The molecule has 3 rings (SSSR count). The van der Waals surface area contributed by atoms with Gasteiger partial charge in [-0.25, -0.2) is 4.98 Å². The third-order valence-corrected chi connectivity index (χ3v) is 3.96. The molecule has 0 N–H and O–H groups in total. The topological polar surface area (TPSA) is 58.6 Å². The van der Waals surface area contributed by atoms with Crippen molar-refractivity contribution in [2.75, 3.05) is 33.3 Å². The molecule has 120 valence electrons. The number of hydrogen-bond acceptors (Lipinski definition) is 5. The summed E-state index contributed by atoms with van der Waals surface area (Å²) >= 11 is 0. The van der Waals surface area contributed by atoms with Gasteiger partial charge >= 0.3 is 0 Å². The number of ether oxygens (including phenoxy) is 1. The second kappa shape index (κ2) is 7.19. The monoisotopic (exact) mass is 312 g/mol. The zero-order valence-electron chi connectivity index (χ0n) is 13.2. The molecule has 6 heteroatoms. The van der Waals surface area contributed by atoms with Gasteiger partial charge in [-0.2, -0.15) is 0 Å². The van der Waals surface area contributed by atoms with Gasteiger partial charge in [0.05, 0.1) is 18.4 Å². The van der Waals surface area contributed by atoms with Crippen molar-refractivity contribution in [2.45, 2.75) is 6.54 Å². The van der Waals surface area contributed by atoms with Crippen molar-refractivity contribution < 1.29 is 9.53 Å². The van der Waals surface area contributed by atoms with Crippen LogP contribution in [0.4, 0.5) is 0 Å². The zero-order chi connectivity index (χ0) is 16.1. The summed E-state index contributed by atoms with van der Waals surface area (Å²) in [7, 11) is 1.56. The van der Waals surface area contributed by atoms with E-state index in [0.29, 0.717) is 11.4 Å². The summed E-state index contributed by atoms with van der Waals surface area (Å²) in [6.07, 6.45) is 3.38. The highest BCUT2D eigenvalue weighted by Gasteiger charge is 2.22. The first-order valence-corrected chi connectivity index (χ1v) is 7.68. The number of rotatable bonds is 4. The molecule has 1 amide bonds. The number of nitrogens with zero attached hydrogens (tertiary/aromatic N) is 4. The first kappa shape index (κ1) is 15.4. The summed E-state index contributed by atoms with van der Waals surface area (Å²) in [6, 6.07) is 9.42. The fourth-order valence-corrected chi connectivity index (χ4v) is 2.64. The fourth-order valence-electron chi connectivity index (χ4n) is 2.64. The van der Waals surface area contributed by atoms with E-state index < -0.39 is 0 Å². The minimum atomic E-state index is 0.0256. The van der Waals surface area contributed by atoms with Crippen LogP contribution in [0, 0.1) is 0 Å². The van der Waals surface area contributed by atoms with Gasteiger partial charge in [-0.1, -0.05) is 6.07 Å². The minimum absolute atomic E-state index is 0.0256. The molecule has 23 heavy (non-hydrogen) atoms. The maximum absolute atomic E-state index is 12.5. The molecular weight excluding hydrogens is 292 g/mol. The maximum Gasteiger partial charge on any atom is 0.255 e. The standard InChI is InChI=1S/C17H20N4O2/c1-23-16-6-5-14(12-19-16)17(22)21-10-8-20(9-11-21)13-15-4-2-3-7-18-15/h2-7,12H,8-11,13H2,1H3. The highest BCUT2D eigenvalue weighted by Crippen LogP contribution is 2.12. The Morgan fingerprint density at radius 2 is 1.96 bits per heavy atom. The second-order valence-electron chi connectivity index (χ2n) is 5.48. The van der Waals surface area contributed by atoms with Gasteiger partial charge in [0.25, 0.3) is 5.91 Å². The van der Waals surface area contributed by atoms with E-state index in [0.717, 1.165) is 38.4 Å². The Hall–Kier alpha value is -2.47. The molecule has 0 spiro atoms. The molecule has 0 aromatic carbocycles. The average molecular weight is 312 g/mol. The highest BCUT2D eigenvalue weighted by atomic mass is 16.5. The number of hydrogen-bond donors (Lipinski definition) is 0. The lowest BCUT2D eigenvalue weighted by molar-refractivity contribution is 0.0626. The van der Waals surface area contributed by atoms with Crippen LogP contribution in [0.2, 0.25) is 0 Å². The van der Waals surface area contributed by atoms with Gasteiger partial charge < -0.3 is 9.64 Å². The van der Waals surface area contributed by atoms with Crippen LogP contribution in [-0.4, -0.2) is 59.0 Å². The summed E-state index contributed by atoms with van der Waals surface area (Å²) in [6.45, 7) is 3.97. The molecule has 0 aliphatic carbocycles. The zero-order valence-corrected chi connectivity index (χ0v) is 13.2. The molecule has 1 aliphatic rings. The Labute approximate surface area is 135 Å². The van der Waals surface area contributed by atoms with Crippen LogP contribution in [0.1, 0.15) is 16.1 Å². The van der Waals surface area contributed by atoms with Gasteiger partial charge in [0.2, 0.25) is 5.88 Å². The third-order valence-electron chi connectivity index (χ3n) is 3.96. The first-order chi connectivity index (χ1) is 11.3. The van der Waals surface area contributed by atoms with Gasteiger partial charge in [0.15, 0.2) is 0 Å². The molecule has 0 bridgehead atoms. The molecular formula is C17H20N4O2. The molecule has 3 heterocycles. The number of amides is 1. The van der Waals surface area contributed by atoms with Gasteiger partial charge in [0.1, 0.15) is 0 Å². The number of piperazine rings is 1. The molecule has 6 nitrogen and oxygen atoms in total. The van der Waals surface area contributed by atoms with E-state index in [1.165, 1.54) is 0 Å². The normalized spacial score (nSPS) is 15.4. The Balaban J connectivity index is 1.54. The van der Waals surface area contributed by atoms with Crippen molar-refractivity contribution in [3.05, 3.63) is 54.0 Å². The molecule has 0 atom stereocenters. The number of carbonyl (C=O) groups is 1. The molecule has 1 saturated heterocycles. The smallest absolute Gasteiger partial charge is 0.255 e. The van der Waals surface area contributed by atoms with Crippen molar-refractivity contribution in [2.24, 2.45) is 0 Å². The molecule has 1 aliphatic heterocycles. The van der Waals surface area contributed by atoms with Crippen LogP contribution in [0.15, 0.2) is 42.7 Å². The van der Waals surface area contributed by atoms with Crippen molar-refractivity contribution in [1.29, 1.82) is 0 Å². The summed E-state index contributed by atoms with van der Waals surface area (Å²) < 4.78 is 5.02. The van der Waals surface area contributed by atoms with Gasteiger partial charge in [0, 0.05) is 51.2 Å². The van der Waals surface area contributed by atoms with E-state index in [9.17, 15) is 4.79 Å². The summed E-state index contributed by atoms with van der Waals surface area (Å²) in [4.78, 5) is 25.1. The Bertz CT molecular complexity index is 637. The van der Waals surface area contributed by atoms with Gasteiger partial charge in [-0.15, -0.1) is 0 Å². The fraction of sp³-hybridized carbons (Fsp3) is 0.353. The molecule has 0 unspecified atom stereocenters. The quantitative estimate of drug-likeness (QED) is 0.855. The van der Waals surface area contributed by atoms with E-state index in [4.69, 9.17) is 4.74 Å². The molecule has 2 aromatic rings. The van der Waals surface area contributed by atoms with Crippen molar-refractivity contribution in [3.63, 3.8) is 0 Å². The molecule has 1 fully saturated rings. The van der Waals surface area contributed by atoms with Crippen LogP contribution >= 0.6 is 0 Å². The van der Waals surface area contributed by atoms with E-state index in [1.54, 1.807) is 25.4 Å². The molecule has 2 aromatic heterocycles. The first-order valence-electron chi connectivity index (χ1n) is 7.68. The lowest BCUT2D eigenvalue weighted by atomic mass is 10.2. The van der Waals surface area contributed by atoms with E-state index in [-0.39, 0.29) is 5.91 Å². The number of pyridine rings is 2. The highest BCUT2D eigenvalue weighted by molar-refractivity contribution is 5.94. The average Bonchev–Trinajstić information content (AvgIpc) is 2.63. The van der Waals surface area contributed by atoms with Gasteiger partial charge in [-0.3, -0.25) is 14.7 Å². The van der Waals surface area contributed by atoms with Crippen LogP contribution in [0.5, 0.6) is 5.88 Å². The predicted octanol–water partition coefficient (Wildman–Crippen LogP) is 1.44. The van der Waals surface area contributed by atoms with Crippen LogP contribution in [-0.2, 0) is 6.54 Å². The van der Waals surface area contributed by atoms with Crippen molar-refractivity contribution in [1.82, 2.24) is 19.8 Å². The van der Waals surface area contributed by atoms with Crippen LogP contribution in [0.3, 0.4) is 0 Å². The second-order valence-corrected chi connectivity index (χ2v) is 5.48. The van der Waals surface area contributed by atoms with E-state index in [2.05, 4.69) is 14.9 Å². The van der Waals surface area contributed by atoms with Crippen molar-refractivity contribution in [3.8, 4) is 5.88 Å². The lowest BCUT2D eigenvalue weighted by Gasteiger charge is -2.34. The van der Waals surface area contributed by atoms with Gasteiger partial charge in [-0.05, 0) is 18.2 Å². The predicted molar refractivity (Wildman–Crippen MR) is 86.2 cm³/mol. The summed E-state index contributed by atoms with van der Waals surface area (Å²) in [5.41, 5.74) is 1.66. The number of methoxy groups -OCH3 is 1. The van der Waals surface area contributed by atoms with E-state index >= 15 is 0 Å². The Kier molecular flexibility index (Phi) is 4.83. The van der Waals surface area contributed by atoms with Crippen LogP contribution in [0.25, 0.3) is 0 Å². The largest absolute Gasteiger partial charge is 0.481 e. The third kappa shape index (κ3) is 3.84. The molecule has 0 saturated carbocycles. The maximum atomic E-state index is 12.5. The number of carbonyl (C=O) groups excluding carboxylic acids is 1. The minimum Gasteiger partial charge on any atom is -0.481 e. The van der Waals surface area contributed by atoms with Crippen LogP contribution < -0.4 is 4.74 Å². The SMILES string of the molecule is COc1ccc(C(=O)N2CCN(Cc3ccccn3)CC2)cn1. The summed E-state index contributed by atoms with van der Waals surface area (Å²) in [5.74, 6) is 0.541. The molecule has 0 radical (unpaired) electrons. The lowest BCUT2D eigenvalue weighted by Crippen LogP contribution is -2.48. The Morgan fingerprint density at radius 1 is 1.13 bits per heavy atom. The van der Waals surface area contributed by atoms with E-state index in [1.807, 2.05) is 29.3 Å². The Morgan fingerprint density at radius 3 is 2.57 bits per heavy atom.